The number of aliphatic hydroxyl groups excluding tert-OH is 1. The minimum Gasteiger partial charge on any atom is -0.408 e. The summed E-state index contributed by atoms with van der Waals surface area (Å²) in [6.45, 7) is 19.9. The van der Waals surface area contributed by atoms with Crippen LogP contribution in [0.25, 0.3) is 11.2 Å². The monoisotopic (exact) mass is 635 g/mol. The van der Waals surface area contributed by atoms with Crippen LogP contribution < -0.4 is 10.9 Å². The molecule has 2 aliphatic rings. The van der Waals surface area contributed by atoms with Gasteiger partial charge in [-0.2, -0.15) is 4.98 Å². The third-order valence-electron chi connectivity index (χ3n) is 9.35. The number of amides is 1. The highest BCUT2D eigenvalue weighted by Gasteiger charge is 2.73. The van der Waals surface area contributed by atoms with Gasteiger partial charge in [-0.15, -0.1) is 0 Å². The highest BCUT2D eigenvalue weighted by atomic mass is 28.4. The summed E-state index contributed by atoms with van der Waals surface area (Å²) in [6, 6.07) is 0. The van der Waals surface area contributed by atoms with Gasteiger partial charge in [-0.3, -0.25) is 24.5 Å². The number of imidazole rings is 1. The fourth-order valence-electron chi connectivity index (χ4n) is 5.47. The van der Waals surface area contributed by atoms with Crippen LogP contribution in [0.5, 0.6) is 0 Å². The van der Waals surface area contributed by atoms with Crippen molar-refractivity contribution >= 4 is 31.3 Å². The van der Waals surface area contributed by atoms with Gasteiger partial charge in [0.2, 0.25) is 11.9 Å². The summed E-state index contributed by atoms with van der Waals surface area (Å²) in [7, 11) is -2.30. The summed E-state index contributed by atoms with van der Waals surface area (Å²) in [5.74, 6) is -0.604. The number of hydrogen-bond acceptors (Lipinski definition) is 9. The first-order chi connectivity index (χ1) is 20.6. The van der Waals surface area contributed by atoms with E-state index >= 15 is 0 Å². The molecule has 3 N–H and O–H groups in total. The van der Waals surface area contributed by atoms with E-state index in [4.69, 9.17) is 18.6 Å². The van der Waals surface area contributed by atoms with E-state index in [9.17, 15) is 14.7 Å². The quantitative estimate of drug-likeness (QED) is 0.183. The van der Waals surface area contributed by atoms with E-state index in [1.54, 1.807) is 18.4 Å². The molecule has 2 aromatic heterocycles. The van der Waals surface area contributed by atoms with E-state index in [1.807, 2.05) is 0 Å². The van der Waals surface area contributed by atoms with Gasteiger partial charge in [0.15, 0.2) is 31.3 Å². The van der Waals surface area contributed by atoms with Crippen LogP contribution in [-0.2, 0) is 23.4 Å². The number of fused-ring (bicyclic) bond motifs is 1. The molecule has 44 heavy (non-hydrogen) atoms. The Morgan fingerprint density at radius 3 is 2.48 bits per heavy atom. The fraction of sp³-hybridized carbons (Fsp3) is 0.806. The van der Waals surface area contributed by atoms with Crippen molar-refractivity contribution in [2.45, 2.75) is 135 Å². The molecule has 1 aliphatic heterocycles. The van der Waals surface area contributed by atoms with E-state index < -0.39 is 43.5 Å². The molecule has 1 amide bonds. The first kappa shape index (κ1) is 34.7. The van der Waals surface area contributed by atoms with Crippen LogP contribution in [0.4, 0.5) is 5.95 Å². The lowest BCUT2D eigenvalue weighted by Crippen LogP contribution is -2.62. The highest BCUT2D eigenvalue weighted by molar-refractivity contribution is 6.74. The number of H-pyrrole nitrogens is 1. The van der Waals surface area contributed by atoms with Gasteiger partial charge in [-0.05, 0) is 43.8 Å². The van der Waals surface area contributed by atoms with Crippen LogP contribution in [0, 0.1) is 5.92 Å². The average Bonchev–Trinajstić information content (AvgIpc) is 3.49. The van der Waals surface area contributed by atoms with Gasteiger partial charge in [-0.1, -0.05) is 61.3 Å². The Bertz CT molecular complexity index is 1350. The van der Waals surface area contributed by atoms with Crippen molar-refractivity contribution in [2.24, 2.45) is 5.92 Å². The van der Waals surface area contributed by atoms with Gasteiger partial charge in [0.05, 0.1) is 18.5 Å². The molecular formula is C31H53N5O7Si. The molecule has 1 aliphatic carbocycles. The van der Waals surface area contributed by atoms with Gasteiger partial charge >= 0.3 is 0 Å². The molecule has 12 nitrogen and oxygen atoms in total. The van der Waals surface area contributed by atoms with E-state index in [1.165, 1.54) is 6.33 Å². The Morgan fingerprint density at radius 2 is 1.89 bits per heavy atom. The molecule has 3 heterocycles. The maximum atomic E-state index is 13.0. The molecular weight excluding hydrogens is 582 g/mol. The fourth-order valence-corrected chi connectivity index (χ4v) is 7.13. The van der Waals surface area contributed by atoms with Crippen LogP contribution >= 0.6 is 0 Å². The standard InChI is InChI=1S/C31H53N5O7Si/c1-10-12-16-40-18-31(30(14-15-30)43-44(8,9)29(5,6)7)23(41-17-13-11-2)22(37)27(42-31)36-19-32-21-24(36)33-28(35-26(21)39)34-25(38)20(3)4/h19-20,22-23,27,37H,10-18H2,1-9H3,(H2,33,34,35,38,39)/t22?,23?,27-,31-/m1/s1. The second kappa shape index (κ2) is 13.3. The molecule has 0 aromatic carbocycles. The first-order valence-electron chi connectivity index (χ1n) is 16.2. The minimum atomic E-state index is -2.30. The molecule has 0 bridgehead atoms. The van der Waals surface area contributed by atoms with E-state index in [2.05, 4.69) is 68.0 Å². The summed E-state index contributed by atoms with van der Waals surface area (Å²) in [5.41, 5.74) is -2.10. The zero-order valence-corrected chi connectivity index (χ0v) is 29.0. The maximum Gasteiger partial charge on any atom is 0.280 e. The van der Waals surface area contributed by atoms with Crippen molar-refractivity contribution in [1.82, 2.24) is 19.5 Å². The molecule has 13 heteroatoms. The summed E-state index contributed by atoms with van der Waals surface area (Å²) in [5, 5.41) is 14.6. The average molecular weight is 636 g/mol. The molecule has 4 rings (SSSR count). The number of carbonyl (C=O) groups excluding carboxylic acids is 1. The largest absolute Gasteiger partial charge is 0.408 e. The van der Waals surface area contributed by atoms with Crippen molar-refractivity contribution in [3.63, 3.8) is 0 Å². The number of carbonyl (C=O) groups is 1. The van der Waals surface area contributed by atoms with Crippen LogP contribution in [-0.4, -0.2) is 82.1 Å². The number of rotatable bonds is 15. The smallest absolute Gasteiger partial charge is 0.280 e. The van der Waals surface area contributed by atoms with Crippen molar-refractivity contribution < 1.29 is 28.5 Å². The Labute approximate surface area is 261 Å². The molecule has 0 radical (unpaired) electrons. The molecule has 1 saturated heterocycles. The Balaban J connectivity index is 1.81. The predicted octanol–water partition coefficient (Wildman–Crippen LogP) is 4.90. The van der Waals surface area contributed by atoms with E-state index in [0.717, 1.165) is 38.5 Å². The van der Waals surface area contributed by atoms with E-state index in [-0.39, 0.29) is 40.6 Å². The molecule has 1 saturated carbocycles. The van der Waals surface area contributed by atoms with Crippen LogP contribution in [0.2, 0.25) is 18.1 Å². The normalized spacial score (nSPS) is 25.2. The van der Waals surface area contributed by atoms with Gasteiger partial charge in [0, 0.05) is 19.1 Å². The molecule has 2 unspecified atom stereocenters. The number of nitrogens with zero attached hydrogens (tertiary/aromatic N) is 3. The highest BCUT2D eigenvalue weighted by Crippen LogP contribution is 2.60. The second-order valence-corrected chi connectivity index (χ2v) is 18.9. The Kier molecular flexibility index (Phi) is 10.5. The van der Waals surface area contributed by atoms with Crippen molar-refractivity contribution in [3.8, 4) is 0 Å². The zero-order valence-electron chi connectivity index (χ0n) is 28.0. The first-order valence-corrected chi connectivity index (χ1v) is 19.1. The summed E-state index contributed by atoms with van der Waals surface area (Å²) < 4.78 is 28.6. The third-order valence-corrected chi connectivity index (χ3v) is 13.9. The lowest BCUT2D eigenvalue weighted by molar-refractivity contribution is -0.206. The number of aromatic nitrogens is 4. The third kappa shape index (κ3) is 6.68. The van der Waals surface area contributed by atoms with Gasteiger partial charge in [0.25, 0.3) is 5.56 Å². The van der Waals surface area contributed by atoms with Gasteiger partial charge in [-0.25, -0.2) is 4.98 Å². The zero-order chi connectivity index (χ0) is 32.5. The van der Waals surface area contributed by atoms with Crippen LogP contribution in [0.3, 0.4) is 0 Å². The molecule has 4 atom stereocenters. The number of anilines is 1. The molecule has 0 spiro atoms. The molecule has 2 fully saturated rings. The lowest BCUT2D eigenvalue weighted by Gasteiger charge is -2.47. The SMILES string of the molecule is CCCCOC[C@@]1(C2(O[Si](C)(C)C(C)(C)C)CC2)O[C@@H](n2cnc3c(=O)[nH]c(NC(=O)C(C)C)nc32)C(O)C1OCCCC. The number of ether oxygens (including phenoxy) is 3. The number of nitrogens with one attached hydrogen (secondary N) is 2. The van der Waals surface area contributed by atoms with Gasteiger partial charge < -0.3 is 23.7 Å². The number of hydrogen-bond donors (Lipinski definition) is 3. The molecule has 2 aromatic rings. The van der Waals surface area contributed by atoms with Gasteiger partial charge in [0.1, 0.15) is 12.2 Å². The minimum absolute atomic E-state index is 0.000248. The lowest BCUT2D eigenvalue weighted by atomic mass is 9.87. The topological polar surface area (TPSA) is 150 Å². The number of aromatic amines is 1. The summed E-state index contributed by atoms with van der Waals surface area (Å²) >= 11 is 0. The van der Waals surface area contributed by atoms with Crippen LogP contribution in [0.1, 0.15) is 93.2 Å². The predicted molar refractivity (Wildman–Crippen MR) is 171 cm³/mol. The number of aliphatic hydroxyl groups is 1. The van der Waals surface area contributed by atoms with Crippen molar-refractivity contribution in [1.29, 1.82) is 0 Å². The Morgan fingerprint density at radius 1 is 1.23 bits per heavy atom. The van der Waals surface area contributed by atoms with Crippen molar-refractivity contribution in [2.75, 3.05) is 25.1 Å². The van der Waals surface area contributed by atoms with E-state index in [0.29, 0.717) is 13.2 Å². The second-order valence-electron chi connectivity index (χ2n) is 14.2. The number of unbranched alkanes of at least 4 members (excludes halogenated alkanes) is 2. The van der Waals surface area contributed by atoms with Crippen LogP contribution in [0.15, 0.2) is 11.1 Å². The summed E-state index contributed by atoms with van der Waals surface area (Å²) in [6.07, 6.45) is 3.66. The maximum absolute atomic E-state index is 13.0. The van der Waals surface area contributed by atoms with Crippen molar-refractivity contribution in [3.05, 3.63) is 16.7 Å². The Hall–Kier alpha value is -2.16. The summed E-state index contributed by atoms with van der Waals surface area (Å²) in [4.78, 5) is 36.8. The molecule has 248 valence electrons.